The molecule has 0 saturated carbocycles. The molecule has 0 aliphatic carbocycles. The molecule has 0 aliphatic rings. The molecule has 0 radical (unpaired) electrons. The first kappa shape index (κ1) is 23.3. The summed E-state index contributed by atoms with van der Waals surface area (Å²) < 4.78 is 40.5. The number of halogens is 3. The van der Waals surface area contributed by atoms with Crippen molar-refractivity contribution in [1.82, 2.24) is 14.5 Å². The molecule has 3 heterocycles. The van der Waals surface area contributed by atoms with Crippen molar-refractivity contribution in [3.8, 4) is 5.82 Å². The summed E-state index contributed by atoms with van der Waals surface area (Å²) in [5.41, 5.74) is -1.22. The van der Waals surface area contributed by atoms with E-state index < -0.39 is 28.8 Å². The maximum absolute atomic E-state index is 13.1. The van der Waals surface area contributed by atoms with E-state index in [9.17, 15) is 27.9 Å². The third-order valence-electron chi connectivity index (χ3n) is 5.07. The Hall–Kier alpha value is -3.83. The minimum absolute atomic E-state index is 0.000535. The van der Waals surface area contributed by atoms with E-state index in [1.807, 2.05) is 0 Å². The van der Waals surface area contributed by atoms with Crippen LogP contribution in [0.25, 0.3) is 5.82 Å². The third-order valence-corrected chi connectivity index (χ3v) is 5.66. The fourth-order valence-electron chi connectivity index (χ4n) is 3.24. The van der Waals surface area contributed by atoms with Gasteiger partial charge in [0.25, 0.3) is 11.5 Å². The van der Waals surface area contributed by atoms with E-state index in [1.165, 1.54) is 77.0 Å². The van der Waals surface area contributed by atoms with Crippen LogP contribution in [0.3, 0.4) is 0 Å². The van der Waals surface area contributed by atoms with Crippen LogP contribution >= 0.6 is 11.3 Å². The van der Waals surface area contributed by atoms with E-state index in [0.29, 0.717) is 0 Å². The molecule has 1 amide bonds. The lowest BCUT2D eigenvalue weighted by Crippen LogP contribution is -2.26. The lowest BCUT2D eigenvalue weighted by molar-refractivity contribution is -0.137. The first-order valence-corrected chi connectivity index (χ1v) is 10.8. The van der Waals surface area contributed by atoms with Crippen LogP contribution in [0.4, 0.5) is 18.9 Å². The summed E-state index contributed by atoms with van der Waals surface area (Å²) in [5, 5.41) is 15.2. The number of amides is 1. The van der Waals surface area contributed by atoms with Crippen LogP contribution in [0, 0.1) is 0 Å². The Morgan fingerprint density at radius 1 is 1.09 bits per heavy atom. The Balaban J connectivity index is 1.64. The van der Waals surface area contributed by atoms with Crippen LogP contribution in [0.5, 0.6) is 0 Å². The number of hydrogen-bond acceptors (Lipinski definition) is 6. The van der Waals surface area contributed by atoms with Gasteiger partial charge in [-0.25, -0.2) is 9.97 Å². The highest BCUT2D eigenvalue weighted by atomic mass is 32.1. The molecule has 0 bridgehead atoms. The standard InChI is InChI=1S/C23H17F3N4O3S/c1-22(33,14-4-2-5-15(10-14)23(24,25)26)18-6-3-7-19(29-18)30-9-8-16(11-20(30)31)28-21(32)17-12-34-13-27-17/h2-13,33H,1H3,(H,28,32). The zero-order valence-electron chi connectivity index (χ0n) is 17.6. The third kappa shape index (κ3) is 4.75. The lowest BCUT2D eigenvalue weighted by Gasteiger charge is -2.25. The first-order valence-electron chi connectivity index (χ1n) is 9.86. The van der Waals surface area contributed by atoms with Crippen molar-refractivity contribution >= 4 is 22.9 Å². The second-order valence-electron chi connectivity index (χ2n) is 7.48. The zero-order chi connectivity index (χ0) is 24.5. The minimum atomic E-state index is -4.56. The molecule has 174 valence electrons. The maximum Gasteiger partial charge on any atom is 0.416 e. The monoisotopic (exact) mass is 486 g/mol. The Labute approximate surface area is 195 Å². The van der Waals surface area contributed by atoms with E-state index in [0.717, 1.165) is 12.1 Å². The van der Waals surface area contributed by atoms with E-state index >= 15 is 0 Å². The summed E-state index contributed by atoms with van der Waals surface area (Å²) in [7, 11) is 0. The molecule has 4 rings (SSSR count). The lowest BCUT2D eigenvalue weighted by atomic mass is 9.90. The van der Waals surface area contributed by atoms with E-state index in [4.69, 9.17) is 0 Å². The van der Waals surface area contributed by atoms with Crippen molar-refractivity contribution in [2.24, 2.45) is 0 Å². The predicted octanol–water partition coefficient (Wildman–Crippen LogP) is 4.22. The second kappa shape index (κ2) is 8.84. The highest BCUT2D eigenvalue weighted by molar-refractivity contribution is 7.07. The number of carbonyl (C=O) groups excluding carboxylic acids is 1. The smallest absolute Gasteiger partial charge is 0.379 e. The Morgan fingerprint density at radius 2 is 1.82 bits per heavy atom. The molecule has 34 heavy (non-hydrogen) atoms. The number of carbonyl (C=O) groups is 1. The predicted molar refractivity (Wildman–Crippen MR) is 120 cm³/mol. The number of aromatic nitrogens is 3. The molecular formula is C23H17F3N4O3S. The minimum Gasteiger partial charge on any atom is -0.379 e. The van der Waals surface area contributed by atoms with Crippen LogP contribution in [0.15, 0.2) is 76.5 Å². The number of anilines is 1. The number of aliphatic hydroxyl groups is 1. The SMILES string of the molecule is CC(O)(c1cccc(C(F)(F)F)c1)c1cccc(-n2ccc(NC(=O)c3cscn3)cc2=O)n1. The largest absolute Gasteiger partial charge is 0.416 e. The van der Waals surface area contributed by atoms with Crippen molar-refractivity contribution in [1.29, 1.82) is 0 Å². The molecule has 0 spiro atoms. The van der Waals surface area contributed by atoms with Gasteiger partial charge in [0.2, 0.25) is 0 Å². The number of thiazole rings is 1. The van der Waals surface area contributed by atoms with Crippen molar-refractivity contribution in [3.63, 3.8) is 0 Å². The molecule has 2 N–H and O–H groups in total. The quantitative estimate of drug-likeness (QED) is 0.440. The van der Waals surface area contributed by atoms with Crippen LogP contribution in [0.1, 0.15) is 34.2 Å². The molecule has 1 unspecified atom stereocenters. The average molecular weight is 486 g/mol. The van der Waals surface area contributed by atoms with Crippen LogP contribution < -0.4 is 10.9 Å². The van der Waals surface area contributed by atoms with Gasteiger partial charge in [-0.3, -0.25) is 14.2 Å². The molecule has 3 aromatic heterocycles. The van der Waals surface area contributed by atoms with E-state index in [-0.39, 0.29) is 28.5 Å². The van der Waals surface area contributed by atoms with Gasteiger partial charge in [0.05, 0.1) is 16.8 Å². The maximum atomic E-state index is 13.1. The van der Waals surface area contributed by atoms with Crippen molar-refractivity contribution in [2.45, 2.75) is 18.7 Å². The molecule has 0 aliphatic heterocycles. The van der Waals surface area contributed by atoms with Gasteiger partial charge in [-0.2, -0.15) is 13.2 Å². The summed E-state index contributed by atoms with van der Waals surface area (Å²) in [6, 6.07) is 11.5. The summed E-state index contributed by atoms with van der Waals surface area (Å²) >= 11 is 1.26. The van der Waals surface area contributed by atoms with Crippen molar-refractivity contribution in [3.05, 3.63) is 105 Å². The van der Waals surface area contributed by atoms with Gasteiger partial charge in [-0.15, -0.1) is 11.3 Å². The second-order valence-corrected chi connectivity index (χ2v) is 8.20. The van der Waals surface area contributed by atoms with Crippen LogP contribution in [0.2, 0.25) is 0 Å². The highest BCUT2D eigenvalue weighted by Gasteiger charge is 2.34. The van der Waals surface area contributed by atoms with Crippen LogP contribution in [-0.2, 0) is 11.8 Å². The number of rotatable bonds is 5. The number of benzene rings is 1. The van der Waals surface area contributed by atoms with Crippen molar-refractivity contribution < 1.29 is 23.1 Å². The van der Waals surface area contributed by atoms with E-state index in [1.54, 1.807) is 5.38 Å². The number of alkyl halides is 3. The fraction of sp³-hybridized carbons (Fsp3) is 0.130. The van der Waals surface area contributed by atoms with Gasteiger partial charge in [0.1, 0.15) is 17.1 Å². The van der Waals surface area contributed by atoms with Gasteiger partial charge in [0.15, 0.2) is 0 Å². The fourth-order valence-corrected chi connectivity index (χ4v) is 3.77. The van der Waals surface area contributed by atoms with E-state index in [2.05, 4.69) is 15.3 Å². The van der Waals surface area contributed by atoms with Gasteiger partial charge >= 0.3 is 6.18 Å². The Morgan fingerprint density at radius 3 is 2.50 bits per heavy atom. The van der Waals surface area contributed by atoms with Crippen molar-refractivity contribution in [2.75, 3.05) is 5.32 Å². The number of nitrogens with one attached hydrogen (secondary N) is 1. The first-order chi connectivity index (χ1) is 16.1. The molecule has 4 aromatic rings. The molecule has 1 aromatic carbocycles. The molecule has 7 nitrogen and oxygen atoms in total. The molecule has 1 atom stereocenters. The Kier molecular flexibility index (Phi) is 6.07. The summed E-state index contributed by atoms with van der Waals surface area (Å²) in [6.45, 7) is 1.33. The molecule has 11 heteroatoms. The average Bonchev–Trinajstić information content (AvgIpc) is 3.34. The zero-order valence-corrected chi connectivity index (χ0v) is 18.4. The number of nitrogens with zero attached hydrogens (tertiary/aromatic N) is 3. The van der Waals surface area contributed by atoms with Crippen LogP contribution in [-0.4, -0.2) is 25.5 Å². The van der Waals surface area contributed by atoms with Gasteiger partial charge in [-0.1, -0.05) is 18.2 Å². The van der Waals surface area contributed by atoms with Gasteiger partial charge < -0.3 is 10.4 Å². The van der Waals surface area contributed by atoms with Gasteiger partial charge in [0, 0.05) is 23.3 Å². The number of pyridine rings is 2. The summed E-state index contributed by atoms with van der Waals surface area (Å²) in [4.78, 5) is 33.0. The number of hydrogen-bond donors (Lipinski definition) is 2. The molecule has 0 saturated heterocycles. The molecule has 0 fully saturated rings. The summed E-state index contributed by atoms with van der Waals surface area (Å²) in [6.07, 6.45) is -3.17. The van der Waals surface area contributed by atoms with Gasteiger partial charge in [-0.05, 0) is 42.8 Å². The summed E-state index contributed by atoms with van der Waals surface area (Å²) in [5.74, 6) is -0.317. The topological polar surface area (TPSA) is 97.1 Å². The molecular weight excluding hydrogens is 469 g/mol. The highest BCUT2D eigenvalue weighted by Crippen LogP contribution is 2.34. The normalized spacial score (nSPS) is 13.3. The Bertz CT molecular complexity index is 1400.